The molecule has 0 radical (unpaired) electrons. The fourth-order valence-electron chi connectivity index (χ4n) is 2.36. The summed E-state index contributed by atoms with van der Waals surface area (Å²) >= 11 is 0. The molecule has 0 bridgehead atoms. The molecule has 15 heavy (non-hydrogen) atoms. The lowest BCUT2D eigenvalue weighted by Crippen LogP contribution is -2.50. The van der Waals surface area contributed by atoms with Gasteiger partial charge in [0.1, 0.15) is 12.3 Å². The highest BCUT2D eigenvalue weighted by Gasteiger charge is 2.53. The van der Waals surface area contributed by atoms with Crippen molar-refractivity contribution >= 4 is 6.09 Å². The fraction of sp³-hybridized carbons (Fsp3) is 0.909. The first-order valence-corrected chi connectivity index (χ1v) is 5.45. The van der Waals surface area contributed by atoms with E-state index in [-0.39, 0.29) is 24.6 Å². The second-order valence-electron chi connectivity index (χ2n) is 5.01. The number of aliphatic hydroxyl groups is 1. The summed E-state index contributed by atoms with van der Waals surface area (Å²) in [6, 6.07) is -0.0602. The summed E-state index contributed by atoms with van der Waals surface area (Å²) in [5, 5.41) is 9.19. The molecule has 0 aromatic heterocycles. The smallest absolute Gasteiger partial charge is 0.412 e. The molecule has 0 spiro atoms. The van der Waals surface area contributed by atoms with Crippen LogP contribution in [0.25, 0.3) is 0 Å². The first-order chi connectivity index (χ1) is 6.84. The zero-order valence-electron chi connectivity index (χ0n) is 10.2. The highest BCUT2D eigenvalue weighted by molar-refractivity contribution is 5.71. The summed E-state index contributed by atoms with van der Waals surface area (Å²) < 4.78 is 5.41. The minimum Gasteiger partial charge on any atom is -0.441 e. The van der Waals surface area contributed by atoms with Crippen LogP contribution < -0.4 is 0 Å². The van der Waals surface area contributed by atoms with E-state index in [2.05, 4.69) is 0 Å². The van der Waals surface area contributed by atoms with Crippen LogP contribution in [0.15, 0.2) is 0 Å². The number of hydrogen-bond donors (Lipinski definition) is 1. The molecule has 2 atom stereocenters. The largest absolute Gasteiger partial charge is 0.441 e. The first-order valence-electron chi connectivity index (χ1n) is 5.45. The normalized spacial score (nSPS) is 31.6. The van der Waals surface area contributed by atoms with E-state index in [4.69, 9.17) is 4.74 Å². The minimum absolute atomic E-state index is 0.0602. The molecule has 1 saturated heterocycles. The van der Waals surface area contributed by atoms with E-state index in [1.54, 1.807) is 0 Å². The third-order valence-electron chi connectivity index (χ3n) is 3.40. The Balaban J connectivity index is 3.05. The van der Waals surface area contributed by atoms with Gasteiger partial charge in [-0.1, -0.05) is 27.7 Å². The van der Waals surface area contributed by atoms with E-state index in [1.807, 2.05) is 34.6 Å². The van der Waals surface area contributed by atoms with Gasteiger partial charge in [-0.15, -0.1) is 0 Å². The molecule has 0 aliphatic carbocycles. The van der Waals surface area contributed by atoms with Gasteiger partial charge in [-0.2, -0.15) is 0 Å². The third-order valence-corrected chi connectivity index (χ3v) is 3.40. The summed E-state index contributed by atoms with van der Waals surface area (Å²) in [5.41, 5.74) is -0.506. The van der Waals surface area contributed by atoms with E-state index in [1.165, 1.54) is 4.90 Å². The van der Waals surface area contributed by atoms with Crippen LogP contribution in [0.4, 0.5) is 4.79 Å². The lowest BCUT2D eigenvalue weighted by atomic mass is 9.80. The number of aliphatic hydroxyl groups excluding tert-OH is 1. The zero-order valence-corrected chi connectivity index (χ0v) is 10.2. The van der Waals surface area contributed by atoms with E-state index in [0.29, 0.717) is 0 Å². The zero-order chi connectivity index (χ0) is 11.8. The van der Waals surface area contributed by atoms with Gasteiger partial charge in [0.05, 0.1) is 6.04 Å². The van der Waals surface area contributed by atoms with Gasteiger partial charge in [-0.25, -0.2) is 4.79 Å². The average molecular weight is 215 g/mol. The monoisotopic (exact) mass is 215 g/mol. The summed E-state index contributed by atoms with van der Waals surface area (Å²) in [6.07, 6.45) is -0.410. The van der Waals surface area contributed by atoms with Crippen molar-refractivity contribution in [3.05, 3.63) is 0 Å². The Kier molecular flexibility index (Phi) is 3.28. The molecule has 1 N–H and O–H groups in total. The van der Waals surface area contributed by atoms with Crippen molar-refractivity contribution in [3.8, 4) is 0 Å². The molecule has 0 saturated carbocycles. The molecule has 1 fully saturated rings. The molecular formula is C11H21NO3. The fourth-order valence-corrected chi connectivity index (χ4v) is 2.36. The Morgan fingerprint density at radius 1 is 1.47 bits per heavy atom. The topological polar surface area (TPSA) is 49.8 Å². The van der Waals surface area contributed by atoms with Crippen LogP contribution in [-0.2, 0) is 4.74 Å². The van der Waals surface area contributed by atoms with Gasteiger partial charge in [0.2, 0.25) is 0 Å². The van der Waals surface area contributed by atoms with Crippen LogP contribution in [0.3, 0.4) is 0 Å². The standard InChI is InChI=1S/C11H21NO3/c1-7(2)9-11(5,8(3)4)15-10(14)12(9)6-13/h7-9,13H,6H2,1-5H3. The number of carbonyl (C=O) groups is 1. The Hall–Kier alpha value is -0.770. The second kappa shape index (κ2) is 4.00. The maximum absolute atomic E-state index is 11.6. The molecule has 88 valence electrons. The molecule has 0 aromatic rings. The number of carbonyl (C=O) groups excluding carboxylic acids is 1. The Morgan fingerprint density at radius 3 is 2.33 bits per heavy atom. The Morgan fingerprint density at radius 2 is 2.00 bits per heavy atom. The molecule has 4 nitrogen and oxygen atoms in total. The van der Waals surface area contributed by atoms with Crippen LogP contribution in [0.5, 0.6) is 0 Å². The number of ether oxygens (including phenoxy) is 1. The number of nitrogens with zero attached hydrogens (tertiary/aromatic N) is 1. The number of amides is 1. The van der Waals surface area contributed by atoms with E-state index < -0.39 is 11.7 Å². The Labute approximate surface area is 91.2 Å². The molecule has 1 heterocycles. The number of rotatable bonds is 3. The summed E-state index contributed by atoms with van der Waals surface area (Å²) in [4.78, 5) is 13.0. The SMILES string of the molecule is CC(C)C1N(CO)C(=O)OC1(C)C(C)C. The maximum Gasteiger partial charge on any atom is 0.412 e. The van der Waals surface area contributed by atoms with Crippen molar-refractivity contribution in [1.82, 2.24) is 4.90 Å². The van der Waals surface area contributed by atoms with Gasteiger partial charge < -0.3 is 9.84 Å². The van der Waals surface area contributed by atoms with Gasteiger partial charge in [0, 0.05) is 0 Å². The second-order valence-corrected chi connectivity index (χ2v) is 5.01. The van der Waals surface area contributed by atoms with Crippen molar-refractivity contribution in [3.63, 3.8) is 0 Å². The van der Waals surface area contributed by atoms with Crippen LogP contribution in [0.1, 0.15) is 34.6 Å². The minimum atomic E-state index is -0.506. The van der Waals surface area contributed by atoms with Crippen molar-refractivity contribution in [2.45, 2.75) is 46.3 Å². The van der Waals surface area contributed by atoms with Gasteiger partial charge in [0.25, 0.3) is 0 Å². The van der Waals surface area contributed by atoms with Crippen molar-refractivity contribution < 1.29 is 14.6 Å². The van der Waals surface area contributed by atoms with Crippen molar-refractivity contribution in [1.29, 1.82) is 0 Å². The van der Waals surface area contributed by atoms with Gasteiger partial charge in [-0.05, 0) is 18.8 Å². The summed E-state index contributed by atoms with van der Waals surface area (Å²) in [5.74, 6) is 0.487. The van der Waals surface area contributed by atoms with Gasteiger partial charge in [-0.3, -0.25) is 4.90 Å². The number of cyclic esters (lactones) is 1. The molecule has 2 unspecified atom stereocenters. The van der Waals surface area contributed by atoms with E-state index >= 15 is 0 Å². The predicted octanol–water partition coefficient (Wildman–Crippen LogP) is 1.83. The molecule has 1 rings (SSSR count). The van der Waals surface area contributed by atoms with Gasteiger partial charge in [0.15, 0.2) is 0 Å². The summed E-state index contributed by atoms with van der Waals surface area (Å²) in [7, 11) is 0. The third kappa shape index (κ3) is 1.83. The molecular weight excluding hydrogens is 194 g/mol. The average Bonchev–Trinajstić information content (AvgIpc) is 2.38. The maximum atomic E-state index is 11.6. The van der Waals surface area contributed by atoms with Crippen LogP contribution in [-0.4, -0.2) is 34.5 Å². The van der Waals surface area contributed by atoms with E-state index in [0.717, 1.165) is 0 Å². The lowest BCUT2D eigenvalue weighted by molar-refractivity contribution is -0.00740. The Bertz CT molecular complexity index is 252. The molecule has 1 aliphatic heterocycles. The molecule has 1 aliphatic rings. The highest BCUT2D eigenvalue weighted by Crippen LogP contribution is 2.38. The first kappa shape index (κ1) is 12.3. The number of hydrogen-bond acceptors (Lipinski definition) is 3. The van der Waals surface area contributed by atoms with Crippen LogP contribution in [0.2, 0.25) is 0 Å². The van der Waals surface area contributed by atoms with E-state index in [9.17, 15) is 9.90 Å². The van der Waals surface area contributed by atoms with Crippen molar-refractivity contribution in [2.75, 3.05) is 6.73 Å². The summed E-state index contributed by atoms with van der Waals surface area (Å²) in [6.45, 7) is 9.80. The molecule has 4 heteroatoms. The van der Waals surface area contributed by atoms with Crippen LogP contribution in [0, 0.1) is 11.8 Å². The molecule has 1 amide bonds. The van der Waals surface area contributed by atoms with Crippen LogP contribution >= 0.6 is 0 Å². The highest BCUT2D eigenvalue weighted by atomic mass is 16.6. The van der Waals surface area contributed by atoms with Gasteiger partial charge >= 0.3 is 6.09 Å². The van der Waals surface area contributed by atoms with Crippen molar-refractivity contribution in [2.24, 2.45) is 11.8 Å². The predicted molar refractivity (Wildman–Crippen MR) is 57.3 cm³/mol. The lowest BCUT2D eigenvalue weighted by Gasteiger charge is -2.36. The molecule has 0 aromatic carbocycles. The quantitative estimate of drug-likeness (QED) is 0.781.